The number of nitrogens with zero attached hydrogens (tertiary/aromatic N) is 3. The van der Waals surface area contributed by atoms with Crippen LogP contribution in [0.3, 0.4) is 0 Å². The minimum Gasteiger partial charge on any atom is -0.471 e. The first-order valence-corrected chi connectivity index (χ1v) is 8.21. The summed E-state index contributed by atoms with van der Waals surface area (Å²) >= 11 is 2.23. The molecule has 1 atom stereocenters. The van der Waals surface area contributed by atoms with Crippen LogP contribution in [0.2, 0.25) is 0 Å². The number of hydrogen-bond donors (Lipinski definition) is 0. The number of aromatic nitrogens is 2. The average molecular weight is 409 g/mol. The number of carbonyl (C=O) groups is 1. The quantitative estimate of drug-likeness (QED) is 0.732. The minimum absolute atomic E-state index is 0.0233. The highest BCUT2D eigenvalue weighted by Crippen LogP contribution is 2.18. The molecule has 5 nitrogen and oxygen atoms in total. The topological polar surface area (TPSA) is 55.3 Å². The van der Waals surface area contributed by atoms with Crippen LogP contribution in [0.15, 0.2) is 36.4 Å². The Bertz CT molecular complexity index is 658. The van der Waals surface area contributed by atoms with Crippen LogP contribution in [-0.4, -0.2) is 40.2 Å². The molecule has 0 saturated carbocycles. The van der Waals surface area contributed by atoms with Gasteiger partial charge in [0.1, 0.15) is 6.10 Å². The lowest BCUT2D eigenvalue weighted by Gasteiger charge is -2.17. The number of benzene rings is 1. The summed E-state index contributed by atoms with van der Waals surface area (Å²) in [5.74, 6) is 0.566. The van der Waals surface area contributed by atoms with E-state index < -0.39 is 0 Å². The maximum absolute atomic E-state index is 12.4. The van der Waals surface area contributed by atoms with Crippen molar-refractivity contribution >= 4 is 28.5 Å². The zero-order chi connectivity index (χ0) is 15.5. The standard InChI is InChI=1S/C16H16IN3O2/c1-11-2-7-15(19-18-11)22-14-8-9-20(10-14)16(21)12-3-5-13(17)6-4-12/h2-7,14H,8-10H2,1H3. The first kappa shape index (κ1) is 15.2. The molecule has 1 unspecified atom stereocenters. The van der Waals surface area contributed by atoms with E-state index in [-0.39, 0.29) is 12.0 Å². The lowest BCUT2D eigenvalue weighted by atomic mass is 10.2. The van der Waals surface area contributed by atoms with Gasteiger partial charge < -0.3 is 9.64 Å². The van der Waals surface area contributed by atoms with Gasteiger partial charge in [-0.05, 0) is 59.8 Å². The highest BCUT2D eigenvalue weighted by molar-refractivity contribution is 14.1. The van der Waals surface area contributed by atoms with E-state index >= 15 is 0 Å². The number of likely N-dealkylation sites (tertiary alicyclic amines) is 1. The third-order valence-corrected chi connectivity index (χ3v) is 4.30. The number of amides is 1. The first-order chi connectivity index (χ1) is 10.6. The van der Waals surface area contributed by atoms with Gasteiger partial charge in [0.25, 0.3) is 5.91 Å². The molecule has 0 bridgehead atoms. The van der Waals surface area contributed by atoms with Crippen LogP contribution in [0.25, 0.3) is 0 Å². The van der Waals surface area contributed by atoms with Gasteiger partial charge in [-0.15, -0.1) is 5.10 Å². The fourth-order valence-corrected chi connectivity index (χ4v) is 2.76. The summed E-state index contributed by atoms with van der Waals surface area (Å²) < 4.78 is 6.92. The smallest absolute Gasteiger partial charge is 0.253 e. The Labute approximate surface area is 142 Å². The van der Waals surface area contributed by atoms with Crippen molar-refractivity contribution in [1.82, 2.24) is 15.1 Å². The summed E-state index contributed by atoms with van der Waals surface area (Å²) in [6.07, 6.45) is 0.788. The Morgan fingerprint density at radius 1 is 1.23 bits per heavy atom. The zero-order valence-electron chi connectivity index (χ0n) is 12.2. The van der Waals surface area contributed by atoms with Crippen molar-refractivity contribution in [1.29, 1.82) is 0 Å². The maximum atomic E-state index is 12.4. The van der Waals surface area contributed by atoms with Crippen LogP contribution in [0.5, 0.6) is 5.88 Å². The molecular weight excluding hydrogens is 393 g/mol. The lowest BCUT2D eigenvalue weighted by Crippen LogP contribution is -2.31. The van der Waals surface area contributed by atoms with Gasteiger partial charge in [0.15, 0.2) is 0 Å². The molecule has 1 aliphatic heterocycles. The van der Waals surface area contributed by atoms with Crippen molar-refractivity contribution in [2.45, 2.75) is 19.4 Å². The molecule has 0 N–H and O–H groups in total. The molecule has 22 heavy (non-hydrogen) atoms. The van der Waals surface area contributed by atoms with Crippen LogP contribution in [0.4, 0.5) is 0 Å². The molecule has 1 saturated heterocycles. The lowest BCUT2D eigenvalue weighted by molar-refractivity contribution is 0.0771. The SMILES string of the molecule is Cc1ccc(OC2CCN(C(=O)c3ccc(I)cc3)C2)nn1. The monoisotopic (exact) mass is 409 g/mol. The Morgan fingerprint density at radius 3 is 2.68 bits per heavy atom. The summed E-state index contributed by atoms with van der Waals surface area (Å²) in [6, 6.07) is 11.3. The Morgan fingerprint density at radius 2 is 2.00 bits per heavy atom. The highest BCUT2D eigenvalue weighted by atomic mass is 127. The van der Waals surface area contributed by atoms with Gasteiger partial charge in [-0.1, -0.05) is 0 Å². The molecule has 0 spiro atoms. The number of ether oxygens (including phenoxy) is 1. The molecule has 3 rings (SSSR count). The van der Waals surface area contributed by atoms with E-state index in [2.05, 4.69) is 32.8 Å². The third-order valence-electron chi connectivity index (χ3n) is 3.58. The molecule has 1 aliphatic rings. The Balaban J connectivity index is 1.61. The van der Waals surface area contributed by atoms with Crippen LogP contribution >= 0.6 is 22.6 Å². The second-order valence-electron chi connectivity index (χ2n) is 5.30. The molecule has 114 valence electrons. The second kappa shape index (κ2) is 6.60. The highest BCUT2D eigenvalue weighted by Gasteiger charge is 2.28. The normalized spacial score (nSPS) is 17.5. The predicted molar refractivity (Wildman–Crippen MR) is 90.9 cm³/mol. The molecule has 1 fully saturated rings. The van der Waals surface area contributed by atoms with E-state index in [0.717, 1.165) is 21.2 Å². The minimum atomic E-state index is -0.0233. The number of halogens is 1. The van der Waals surface area contributed by atoms with Crippen LogP contribution in [-0.2, 0) is 0 Å². The fraction of sp³-hybridized carbons (Fsp3) is 0.312. The number of aryl methyl sites for hydroxylation is 1. The zero-order valence-corrected chi connectivity index (χ0v) is 14.4. The van der Waals surface area contributed by atoms with Crippen molar-refractivity contribution in [3.8, 4) is 5.88 Å². The van der Waals surface area contributed by atoms with Gasteiger partial charge in [0.05, 0.1) is 12.2 Å². The average Bonchev–Trinajstić information content (AvgIpc) is 2.98. The molecular formula is C16H16IN3O2. The number of hydrogen-bond acceptors (Lipinski definition) is 4. The summed E-state index contributed by atoms with van der Waals surface area (Å²) in [6.45, 7) is 3.17. The van der Waals surface area contributed by atoms with E-state index in [1.807, 2.05) is 48.2 Å². The van der Waals surface area contributed by atoms with Crippen LogP contribution < -0.4 is 4.74 Å². The number of rotatable bonds is 3. The van der Waals surface area contributed by atoms with Gasteiger partial charge >= 0.3 is 0 Å². The first-order valence-electron chi connectivity index (χ1n) is 7.13. The third kappa shape index (κ3) is 3.55. The van der Waals surface area contributed by atoms with Gasteiger partial charge in [-0.3, -0.25) is 4.79 Å². The largest absolute Gasteiger partial charge is 0.471 e. The molecule has 0 radical (unpaired) electrons. The van der Waals surface area contributed by atoms with Gasteiger partial charge in [-0.25, -0.2) is 0 Å². The summed E-state index contributed by atoms with van der Waals surface area (Å²) in [5, 5.41) is 7.98. The van der Waals surface area contributed by atoms with Gasteiger partial charge in [-0.2, -0.15) is 5.10 Å². The molecule has 6 heteroatoms. The maximum Gasteiger partial charge on any atom is 0.253 e. The van der Waals surface area contributed by atoms with Gasteiger partial charge in [0, 0.05) is 28.2 Å². The van der Waals surface area contributed by atoms with E-state index in [4.69, 9.17) is 4.74 Å². The van der Waals surface area contributed by atoms with Crippen molar-refractivity contribution in [3.05, 3.63) is 51.2 Å². The van der Waals surface area contributed by atoms with E-state index in [1.165, 1.54) is 0 Å². The summed E-state index contributed by atoms with van der Waals surface area (Å²) in [7, 11) is 0. The molecule has 1 aromatic carbocycles. The molecule has 1 amide bonds. The van der Waals surface area contributed by atoms with E-state index in [1.54, 1.807) is 0 Å². The van der Waals surface area contributed by atoms with Crippen molar-refractivity contribution in [3.63, 3.8) is 0 Å². The molecule has 2 aromatic rings. The Hall–Kier alpha value is -1.70. The summed E-state index contributed by atoms with van der Waals surface area (Å²) in [4.78, 5) is 14.3. The van der Waals surface area contributed by atoms with E-state index in [9.17, 15) is 4.79 Å². The second-order valence-corrected chi connectivity index (χ2v) is 6.55. The molecule has 2 heterocycles. The van der Waals surface area contributed by atoms with Crippen molar-refractivity contribution in [2.75, 3.05) is 13.1 Å². The predicted octanol–water partition coefficient (Wildman–Crippen LogP) is 2.68. The van der Waals surface area contributed by atoms with Crippen LogP contribution in [0, 0.1) is 10.5 Å². The molecule has 0 aliphatic carbocycles. The van der Waals surface area contributed by atoms with E-state index in [0.29, 0.717) is 19.0 Å². The van der Waals surface area contributed by atoms with Gasteiger partial charge in [0.2, 0.25) is 5.88 Å². The fourth-order valence-electron chi connectivity index (χ4n) is 2.40. The molecule has 1 aromatic heterocycles. The van der Waals surface area contributed by atoms with Crippen LogP contribution in [0.1, 0.15) is 22.5 Å². The Kier molecular flexibility index (Phi) is 4.56. The number of carbonyl (C=O) groups excluding carboxylic acids is 1. The van der Waals surface area contributed by atoms with Crippen molar-refractivity contribution < 1.29 is 9.53 Å². The summed E-state index contributed by atoms with van der Waals surface area (Å²) in [5.41, 5.74) is 1.57. The van der Waals surface area contributed by atoms with Crippen molar-refractivity contribution in [2.24, 2.45) is 0 Å².